The van der Waals surface area contributed by atoms with Crippen LogP contribution in [0.1, 0.15) is 16.7 Å². The molecule has 0 aliphatic carbocycles. The maximum Gasteiger partial charge on any atom is 2.00 e. The van der Waals surface area contributed by atoms with Gasteiger partial charge in [-0.2, -0.15) is 0 Å². The molecule has 47 heavy (non-hydrogen) atoms. The summed E-state index contributed by atoms with van der Waals surface area (Å²) in [6.45, 7) is 0. The molecule has 4 aromatic heterocycles. The SMILES string of the molecule is Fc1c[c-]c(-c2cccc(N(c3cccc(-c4[c-]cc(F)nc4)n3)C(c3ccccc3)(c3ccccc3)c3ccccc3)n2)cn1.[Pt+2]. The molecule has 5 nitrogen and oxygen atoms in total. The average Bonchev–Trinajstić information content (AvgIpc) is 3.12. The largest absolute Gasteiger partial charge is 2.00 e. The molecule has 0 radical (unpaired) electrons. The minimum Gasteiger partial charge on any atom is -0.326 e. The van der Waals surface area contributed by atoms with Crippen LogP contribution >= 0.6 is 0 Å². The molecule has 0 atom stereocenters. The molecule has 4 heterocycles. The molecule has 0 saturated carbocycles. The fourth-order valence-electron chi connectivity index (χ4n) is 5.74. The Bertz CT molecular complexity index is 1880. The van der Waals surface area contributed by atoms with Gasteiger partial charge >= 0.3 is 21.1 Å². The van der Waals surface area contributed by atoms with Crippen LogP contribution in [0.2, 0.25) is 0 Å². The number of nitrogens with zero attached hydrogens (tertiary/aromatic N) is 5. The molecule has 8 heteroatoms. The Morgan fingerprint density at radius 1 is 0.489 bits per heavy atom. The zero-order valence-electron chi connectivity index (χ0n) is 24.7. The Kier molecular flexibility index (Phi) is 9.37. The molecule has 0 bridgehead atoms. The predicted octanol–water partition coefficient (Wildman–Crippen LogP) is 8.61. The molecular weight excluding hydrogens is 772 g/mol. The number of anilines is 2. The number of aromatic nitrogens is 4. The van der Waals surface area contributed by atoms with E-state index < -0.39 is 17.4 Å². The van der Waals surface area contributed by atoms with Crippen molar-refractivity contribution in [3.8, 4) is 22.5 Å². The van der Waals surface area contributed by atoms with Crippen LogP contribution in [0, 0.1) is 24.0 Å². The van der Waals surface area contributed by atoms with E-state index in [1.165, 1.54) is 24.5 Å². The maximum absolute atomic E-state index is 13.7. The maximum atomic E-state index is 13.7. The van der Waals surface area contributed by atoms with E-state index in [-0.39, 0.29) is 21.1 Å². The molecule has 0 N–H and O–H groups in total. The normalized spacial score (nSPS) is 11.0. The van der Waals surface area contributed by atoms with Gasteiger partial charge in [-0.3, -0.25) is 14.9 Å². The van der Waals surface area contributed by atoms with Gasteiger partial charge in [0.2, 0.25) is 0 Å². The van der Waals surface area contributed by atoms with Crippen molar-refractivity contribution in [2.24, 2.45) is 0 Å². The summed E-state index contributed by atoms with van der Waals surface area (Å²) in [7, 11) is 0. The number of hydrogen-bond donors (Lipinski definition) is 0. The topological polar surface area (TPSA) is 54.8 Å². The first-order valence-corrected chi connectivity index (χ1v) is 14.6. The summed E-state index contributed by atoms with van der Waals surface area (Å²) in [5, 5.41) is 0. The van der Waals surface area contributed by atoms with Gasteiger partial charge in [-0.05, 0) is 40.2 Å². The van der Waals surface area contributed by atoms with Crippen molar-refractivity contribution in [2.45, 2.75) is 5.54 Å². The third-order valence-corrected chi connectivity index (χ3v) is 7.72. The van der Waals surface area contributed by atoms with Gasteiger partial charge < -0.3 is 9.97 Å². The van der Waals surface area contributed by atoms with Crippen molar-refractivity contribution in [3.63, 3.8) is 0 Å². The first-order valence-electron chi connectivity index (χ1n) is 14.6. The third kappa shape index (κ3) is 6.23. The van der Waals surface area contributed by atoms with E-state index in [0.717, 1.165) is 16.7 Å². The molecule has 0 amide bonds. The minimum atomic E-state index is -0.990. The van der Waals surface area contributed by atoms with Crippen LogP contribution in [-0.2, 0) is 26.6 Å². The third-order valence-electron chi connectivity index (χ3n) is 7.72. The van der Waals surface area contributed by atoms with Crippen molar-refractivity contribution >= 4 is 11.6 Å². The van der Waals surface area contributed by atoms with Gasteiger partial charge in [-0.25, -0.2) is 8.78 Å². The summed E-state index contributed by atoms with van der Waals surface area (Å²) in [5.41, 5.74) is 4.13. The average molecular weight is 797 g/mol. The zero-order valence-corrected chi connectivity index (χ0v) is 27.0. The standard InChI is InChI=1S/C39H25F2N5.Pt/c40-35-24-22-28(26-42-35)33-18-10-20-37(44-33)46(38-21-11-19-34(45-38)29-23-25-36(41)43-27-29)39(30-12-4-1-5-13-30,31-14-6-2-7-15-31)32-16-8-3-9-17-32;/h1-21,24-27H;/q-2;+2. The summed E-state index contributed by atoms with van der Waals surface area (Å²) in [4.78, 5) is 20.0. The van der Waals surface area contributed by atoms with Crippen LogP contribution in [0.3, 0.4) is 0 Å². The quantitative estimate of drug-likeness (QED) is 0.0877. The molecular formula is C39H25F2N5Pt. The number of hydrogen-bond acceptors (Lipinski definition) is 5. The number of halogens is 2. The fourth-order valence-corrected chi connectivity index (χ4v) is 5.74. The number of rotatable bonds is 8. The van der Waals surface area contributed by atoms with Gasteiger partial charge in [0.25, 0.3) is 0 Å². The predicted molar refractivity (Wildman–Crippen MR) is 174 cm³/mol. The monoisotopic (exact) mass is 796 g/mol. The molecule has 0 fully saturated rings. The molecule has 0 aliphatic heterocycles. The van der Waals surface area contributed by atoms with Crippen molar-refractivity contribution in [1.29, 1.82) is 0 Å². The Morgan fingerprint density at radius 2 is 0.872 bits per heavy atom. The molecule has 0 saturated heterocycles. The molecule has 0 aliphatic rings. The van der Waals surface area contributed by atoms with Gasteiger partial charge in [0.05, 0.1) is 0 Å². The summed E-state index contributed by atoms with van der Waals surface area (Å²) >= 11 is 0. The van der Waals surface area contributed by atoms with E-state index >= 15 is 0 Å². The summed E-state index contributed by atoms with van der Waals surface area (Å²) in [6.07, 6.45) is 2.84. The minimum absolute atomic E-state index is 0. The van der Waals surface area contributed by atoms with E-state index in [2.05, 4.69) is 63.4 Å². The van der Waals surface area contributed by atoms with Crippen LogP contribution in [0.15, 0.2) is 152 Å². The van der Waals surface area contributed by atoms with Gasteiger partial charge in [-0.15, -0.1) is 23.3 Å². The van der Waals surface area contributed by atoms with Crippen molar-refractivity contribution in [1.82, 2.24) is 19.9 Å². The van der Waals surface area contributed by atoms with Crippen molar-refractivity contribution in [3.05, 3.63) is 193 Å². The van der Waals surface area contributed by atoms with Gasteiger partial charge in [0.15, 0.2) is 0 Å². The van der Waals surface area contributed by atoms with Crippen molar-refractivity contribution < 1.29 is 29.8 Å². The first-order chi connectivity index (χ1) is 22.6. The van der Waals surface area contributed by atoms with Gasteiger partial charge in [0, 0.05) is 0 Å². The Hall–Kier alpha value is -5.39. The Morgan fingerprint density at radius 3 is 1.21 bits per heavy atom. The molecule has 7 aromatic rings. The molecule has 0 spiro atoms. The van der Waals surface area contributed by atoms with E-state index in [1.54, 1.807) is 0 Å². The summed E-state index contributed by atoms with van der Waals surface area (Å²) < 4.78 is 27.5. The van der Waals surface area contributed by atoms with Crippen LogP contribution in [0.4, 0.5) is 20.4 Å². The molecule has 7 rings (SSSR count). The van der Waals surface area contributed by atoms with Crippen LogP contribution in [-0.4, -0.2) is 19.9 Å². The van der Waals surface area contributed by atoms with Gasteiger partial charge in [-0.1, -0.05) is 140 Å². The number of pyridine rings is 4. The smallest absolute Gasteiger partial charge is 0.326 e. The summed E-state index contributed by atoms with van der Waals surface area (Å²) in [6, 6.07) is 50.2. The molecule has 3 aromatic carbocycles. The second-order valence-electron chi connectivity index (χ2n) is 10.5. The fraction of sp³-hybridized carbons (Fsp3) is 0.0256. The first kappa shape index (κ1) is 31.6. The van der Waals surface area contributed by atoms with E-state index in [4.69, 9.17) is 9.97 Å². The van der Waals surface area contributed by atoms with Crippen molar-refractivity contribution in [2.75, 3.05) is 4.90 Å². The Labute approximate surface area is 285 Å². The zero-order chi connectivity index (χ0) is 31.3. The summed E-state index contributed by atoms with van der Waals surface area (Å²) in [5.74, 6) is -0.105. The molecule has 230 valence electrons. The van der Waals surface area contributed by atoms with Crippen LogP contribution in [0.5, 0.6) is 0 Å². The second kappa shape index (κ2) is 13.9. The van der Waals surface area contributed by atoms with Gasteiger partial charge in [0.1, 0.15) is 29.1 Å². The Balaban J connectivity index is 0.00000386. The van der Waals surface area contributed by atoms with Crippen LogP contribution < -0.4 is 4.90 Å². The molecule has 0 unspecified atom stereocenters. The number of benzene rings is 3. The van der Waals surface area contributed by atoms with E-state index in [1.807, 2.05) is 91.0 Å². The van der Waals surface area contributed by atoms with Crippen LogP contribution in [0.25, 0.3) is 22.5 Å². The second-order valence-corrected chi connectivity index (χ2v) is 10.5. The van der Waals surface area contributed by atoms with E-state index in [0.29, 0.717) is 34.2 Å². The van der Waals surface area contributed by atoms with E-state index in [9.17, 15) is 8.78 Å².